The van der Waals surface area contributed by atoms with Crippen LogP contribution in [-0.2, 0) is 25.2 Å². The molecule has 0 saturated carbocycles. The number of aliphatic hydroxyl groups excluding tert-OH is 1. The van der Waals surface area contributed by atoms with Crippen LogP contribution < -0.4 is 0 Å². The molecule has 1 saturated heterocycles. The van der Waals surface area contributed by atoms with E-state index in [9.17, 15) is 9.90 Å². The maximum Gasteiger partial charge on any atom is 0.338 e. The van der Waals surface area contributed by atoms with Gasteiger partial charge in [-0.2, -0.15) is 0 Å². The van der Waals surface area contributed by atoms with Gasteiger partial charge in [-0.3, -0.25) is 0 Å². The first-order chi connectivity index (χ1) is 16.0. The van der Waals surface area contributed by atoms with Crippen molar-refractivity contribution in [3.05, 3.63) is 71.8 Å². The molecule has 0 unspecified atom stereocenters. The standard InChI is InChI=1S/C26H35FO6Si/c1-26(2,3)34(4,5)33-21-20(16-28)31-24(27)23(32-25(29)19-14-10-7-11-15-19)22(21)30-17-18-12-8-6-9-13-18/h6-15,20-24,28H,16-17H2,1-5H3/t20-,21-,22+,23-,24-/m1/s1. The van der Waals surface area contributed by atoms with Crippen molar-refractivity contribution in [1.29, 1.82) is 0 Å². The Bertz CT molecular complexity index is 918. The van der Waals surface area contributed by atoms with Gasteiger partial charge in [0.2, 0.25) is 6.36 Å². The Kier molecular flexibility index (Phi) is 8.65. The maximum absolute atomic E-state index is 15.2. The predicted octanol–water partition coefficient (Wildman–Crippen LogP) is 4.87. The number of carbonyl (C=O) groups is 1. The summed E-state index contributed by atoms with van der Waals surface area (Å²) >= 11 is 0. The number of hydrogen-bond donors (Lipinski definition) is 1. The number of halogens is 1. The molecule has 0 radical (unpaired) electrons. The van der Waals surface area contributed by atoms with Gasteiger partial charge >= 0.3 is 5.97 Å². The second-order valence-corrected chi connectivity index (χ2v) is 14.8. The molecular weight excluding hydrogens is 455 g/mol. The smallest absolute Gasteiger partial charge is 0.338 e. The van der Waals surface area contributed by atoms with E-state index in [4.69, 9.17) is 18.6 Å². The lowest BCUT2D eigenvalue weighted by molar-refractivity contribution is -0.270. The summed E-state index contributed by atoms with van der Waals surface area (Å²) in [4.78, 5) is 12.8. The Morgan fingerprint density at radius 3 is 2.15 bits per heavy atom. The van der Waals surface area contributed by atoms with Crippen molar-refractivity contribution >= 4 is 14.3 Å². The van der Waals surface area contributed by atoms with Crippen molar-refractivity contribution in [2.45, 2.75) is 76.3 Å². The molecule has 8 heteroatoms. The Balaban J connectivity index is 1.92. The van der Waals surface area contributed by atoms with Crippen LogP contribution in [0.1, 0.15) is 36.7 Å². The molecule has 1 aliphatic rings. The fourth-order valence-electron chi connectivity index (χ4n) is 3.52. The molecule has 2 aromatic rings. The fourth-order valence-corrected chi connectivity index (χ4v) is 4.84. The van der Waals surface area contributed by atoms with Gasteiger partial charge in [0.05, 0.1) is 18.8 Å². The highest BCUT2D eigenvalue weighted by atomic mass is 28.4. The van der Waals surface area contributed by atoms with Crippen molar-refractivity contribution in [3.63, 3.8) is 0 Å². The van der Waals surface area contributed by atoms with Crippen LogP contribution >= 0.6 is 0 Å². The highest BCUT2D eigenvalue weighted by Crippen LogP contribution is 2.40. The molecule has 6 nitrogen and oxygen atoms in total. The normalized spacial score (nSPS) is 25.7. The van der Waals surface area contributed by atoms with E-state index in [1.165, 1.54) is 0 Å². The molecule has 1 N–H and O–H groups in total. The zero-order chi connectivity index (χ0) is 24.9. The minimum absolute atomic E-state index is 0.153. The second kappa shape index (κ2) is 11.1. The zero-order valence-electron chi connectivity index (χ0n) is 20.4. The summed E-state index contributed by atoms with van der Waals surface area (Å²) in [5, 5.41) is 9.86. The van der Waals surface area contributed by atoms with Crippen LogP contribution in [0.2, 0.25) is 18.1 Å². The maximum atomic E-state index is 15.2. The third-order valence-electron chi connectivity index (χ3n) is 6.53. The van der Waals surface area contributed by atoms with E-state index in [0.29, 0.717) is 5.56 Å². The van der Waals surface area contributed by atoms with Crippen molar-refractivity contribution < 1.29 is 32.9 Å². The summed E-state index contributed by atoms with van der Waals surface area (Å²) in [5.41, 5.74) is 1.17. The molecule has 34 heavy (non-hydrogen) atoms. The van der Waals surface area contributed by atoms with Crippen molar-refractivity contribution in [2.75, 3.05) is 6.61 Å². The third-order valence-corrected chi connectivity index (χ3v) is 11.0. The molecule has 1 fully saturated rings. The number of esters is 1. The molecular formula is C26H35FO6Si. The molecule has 0 bridgehead atoms. The van der Waals surface area contributed by atoms with Gasteiger partial charge in [0.1, 0.15) is 18.3 Å². The lowest BCUT2D eigenvalue weighted by Crippen LogP contribution is -2.63. The quantitative estimate of drug-likeness (QED) is 0.420. The summed E-state index contributed by atoms with van der Waals surface area (Å²) < 4.78 is 39.1. The zero-order valence-corrected chi connectivity index (χ0v) is 21.4. The molecule has 186 valence electrons. The SMILES string of the molecule is CC(C)(C)[Si](C)(C)O[C@H]1[C@H](OCc2ccccc2)[C@@H](OC(=O)c2ccccc2)[C@H](F)O[C@@H]1CO. The number of rotatable bonds is 8. The van der Waals surface area contributed by atoms with Gasteiger partial charge in [-0.15, -0.1) is 0 Å². The minimum Gasteiger partial charge on any atom is -0.450 e. The van der Waals surface area contributed by atoms with E-state index in [1.54, 1.807) is 30.3 Å². The minimum atomic E-state index is -2.39. The molecule has 1 aliphatic heterocycles. The largest absolute Gasteiger partial charge is 0.450 e. The predicted molar refractivity (Wildman–Crippen MR) is 130 cm³/mol. The van der Waals surface area contributed by atoms with Gasteiger partial charge in [-0.25, -0.2) is 9.18 Å². The number of carbonyl (C=O) groups excluding carboxylic acids is 1. The Hall–Kier alpha value is -2.10. The summed E-state index contributed by atoms with van der Waals surface area (Å²) in [6.07, 6.45) is -6.12. The van der Waals surface area contributed by atoms with Crippen LogP contribution in [0.25, 0.3) is 0 Å². The van der Waals surface area contributed by atoms with Gasteiger partial charge in [0.25, 0.3) is 0 Å². The summed E-state index contributed by atoms with van der Waals surface area (Å²) in [7, 11) is -2.39. The fraction of sp³-hybridized carbons (Fsp3) is 0.500. The Morgan fingerprint density at radius 1 is 1.00 bits per heavy atom. The number of aliphatic hydroxyl groups is 1. The lowest BCUT2D eigenvalue weighted by Gasteiger charge is -2.47. The molecule has 0 aliphatic carbocycles. The topological polar surface area (TPSA) is 74.2 Å². The van der Waals surface area contributed by atoms with E-state index in [2.05, 4.69) is 33.9 Å². The van der Waals surface area contributed by atoms with E-state index in [-0.39, 0.29) is 11.6 Å². The van der Waals surface area contributed by atoms with E-state index >= 15 is 4.39 Å². The molecule has 5 atom stereocenters. The number of hydrogen-bond acceptors (Lipinski definition) is 6. The molecule has 2 aromatic carbocycles. The second-order valence-electron chi connectivity index (χ2n) is 10.0. The van der Waals surface area contributed by atoms with E-state index in [0.717, 1.165) is 5.56 Å². The number of ether oxygens (including phenoxy) is 3. The number of benzene rings is 2. The first-order valence-electron chi connectivity index (χ1n) is 11.5. The summed E-state index contributed by atoms with van der Waals surface area (Å²) in [6, 6.07) is 17.8. The molecule has 0 amide bonds. The molecule has 3 rings (SSSR count). The third kappa shape index (κ3) is 6.31. The lowest BCUT2D eigenvalue weighted by atomic mass is 9.99. The molecule has 0 spiro atoms. The summed E-state index contributed by atoms with van der Waals surface area (Å²) in [5.74, 6) is -0.682. The van der Waals surface area contributed by atoms with Crippen LogP contribution in [-0.4, -0.2) is 56.8 Å². The Labute approximate surface area is 202 Å². The van der Waals surface area contributed by atoms with Crippen LogP contribution in [0, 0.1) is 0 Å². The van der Waals surface area contributed by atoms with E-state index < -0.39 is 51.7 Å². The first kappa shape index (κ1) is 26.5. The van der Waals surface area contributed by atoms with Gasteiger partial charge in [-0.1, -0.05) is 69.3 Å². The van der Waals surface area contributed by atoms with Crippen molar-refractivity contribution in [2.24, 2.45) is 0 Å². The first-order valence-corrected chi connectivity index (χ1v) is 14.4. The molecule has 1 heterocycles. The van der Waals surface area contributed by atoms with Crippen LogP contribution in [0.4, 0.5) is 4.39 Å². The average molecular weight is 491 g/mol. The van der Waals surface area contributed by atoms with Crippen molar-refractivity contribution in [3.8, 4) is 0 Å². The monoisotopic (exact) mass is 490 g/mol. The highest BCUT2D eigenvalue weighted by Gasteiger charge is 2.53. The highest BCUT2D eigenvalue weighted by molar-refractivity contribution is 6.74. The van der Waals surface area contributed by atoms with Gasteiger partial charge in [-0.05, 0) is 35.8 Å². The van der Waals surface area contributed by atoms with Gasteiger partial charge in [0.15, 0.2) is 14.4 Å². The van der Waals surface area contributed by atoms with Crippen LogP contribution in [0.15, 0.2) is 60.7 Å². The molecule has 0 aromatic heterocycles. The Morgan fingerprint density at radius 2 is 1.59 bits per heavy atom. The summed E-state index contributed by atoms with van der Waals surface area (Å²) in [6.45, 7) is 10.1. The average Bonchev–Trinajstić information content (AvgIpc) is 2.80. The number of alkyl halides is 1. The van der Waals surface area contributed by atoms with Crippen LogP contribution in [0.3, 0.4) is 0 Å². The van der Waals surface area contributed by atoms with E-state index in [1.807, 2.05) is 30.3 Å². The van der Waals surface area contributed by atoms with Gasteiger partial charge < -0.3 is 23.7 Å². The van der Waals surface area contributed by atoms with Gasteiger partial charge in [0, 0.05) is 0 Å². The van der Waals surface area contributed by atoms with Crippen molar-refractivity contribution in [1.82, 2.24) is 0 Å². The van der Waals surface area contributed by atoms with Crippen LogP contribution in [0.5, 0.6) is 0 Å².